The van der Waals surface area contributed by atoms with Crippen molar-refractivity contribution < 1.29 is 14.6 Å². The Morgan fingerprint density at radius 3 is 2.90 bits per heavy atom. The molecule has 1 aromatic carbocycles. The third kappa shape index (κ3) is 7.86. The van der Waals surface area contributed by atoms with Crippen molar-refractivity contribution in [2.75, 3.05) is 38.8 Å². The highest BCUT2D eigenvalue weighted by molar-refractivity contribution is 7.99. The molecule has 0 fully saturated rings. The standard InChI is InChI=1S/C15H21NO3S/c1-16(2)8-10-20-11-9-19-14-5-3-4-13(12-14)6-7-15(17)18/h3-7,12H,8-11H2,1-2H3,(H,17,18)/b7-6+. The lowest BCUT2D eigenvalue weighted by atomic mass is 10.2. The molecule has 0 heterocycles. The van der Waals surface area contributed by atoms with Gasteiger partial charge in [0.05, 0.1) is 6.61 Å². The molecule has 4 nitrogen and oxygen atoms in total. The number of hydrogen-bond acceptors (Lipinski definition) is 4. The number of carboxylic acid groups (broad SMARTS) is 1. The number of nitrogens with zero attached hydrogens (tertiary/aromatic N) is 1. The SMILES string of the molecule is CN(C)CCSCCOc1cccc(/C=C/C(=O)O)c1. The molecule has 0 bridgehead atoms. The Morgan fingerprint density at radius 2 is 2.20 bits per heavy atom. The van der Waals surface area contributed by atoms with Gasteiger partial charge in [0.1, 0.15) is 5.75 Å². The largest absolute Gasteiger partial charge is 0.493 e. The molecule has 0 aliphatic rings. The van der Waals surface area contributed by atoms with Crippen LogP contribution in [0.4, 0.5) is 0 Å². The lowest BCUT2D eigenvalue weighted by molar-refractivity contribution is -0.131. The van der Waals surface area contributed by atoms with Crippen LogP contribution in [0.5, 0.6) is 5.75 Å². The van der Waals surface area contributed by atoms with Crippen LogP contribution in [0, 0.1) is 0 Å². The van der Waals surface area contributed by atoms with Crippen molar-refractivity contribution in [3.8, 4) is 5.75 Å². The van der Waals surface area contributed by atoms with E-state index in [9.17, 15) is 4.79 Å². The first-order valence-electron chi connectivity index (χ1n) is 6.44. The summed E-state index contributed by atoms with van der Waals surface area (Å²) in [5.74, 6) is 1.86. The number of hydrogen-bond donors (Lipinski definition) is 1. The van der Waals surface area contributed by atoms with Crippen molar-refractivity contribution in [2.24, 2.45) is 0 Å². The fourth-order valence-corrected chi connectivity index (χ4v) is 2.34. The minimum Gasteiger partial charge on any atom is -0.493 e. The van der Waals surface area contributed by atoms with Crippen LogP contribution in [0.3, 0.4) is 0 Å². The van der Waals surface area contributed by atoms with Gasteiger partial charge in [-0.15, -0.1) is 0 Å². The van der Waals surface area contributed by atoms with Crippen LogP contribution in [0.15, 0.2) is 30.3 Å². The Hall–Kier alpha value is -1.46. The molecule has 0 amide bonds. The zero-order valence-electron chi connectivity index (χ0n) is 11.9. The van der Waals surface area contributed by atoms with Crippen LogP contribution in [-0.2, 0) is 4.79 Å². The van der Waals surface area contributed by atoms with Crippen molar-refractivity contribution in [1.82, 2.24) is 4.90 Å². The van der Waals surface area contributed by atoms with Crippen LogP contribution < -0.4 is 4.74 Å². The number of ether oxygens (including phenoxy) is 1. The van der Waals surface area contributed by atoms with E-state index in [-0.39, 0.29) is 0 Å². The van der Waals surface area contributed by atoms with Crippen LogP contribution in [0.2, 0.25) is 0 Å². The maximum absolute atomic E-state index is 10.5. The van der Waals surface area contributed by atoms with Gasteiger partial charge in [-0.2, -0.15) is 11.8 Å². The number of carbonyl (C=O) groups is 1. The number of thioether (sulfide) groups is 1. The maximum atomic E-state index is 10.5. The van der Waals surface area contributed by atoms with Crippen molar-refractivity contribution in [1.29, 1.82) is 0 Å². The normalized spacial score (nSPS) is 11.2. The van der Waals surface area contributed by atoms with E-state index in [0.29, 0.717) is 6.61 Å². The Balaban J connectivity index is 2.30. The molecule has 0 spiro atoms. The Kier molecular flexibility index (Phi) is 7.84. The molecule has 0 aromatic heterocycles. The molecule has 1 rings (SSSR count). The van der Waals surface area contributed by atoms with E-state index < -0.39 is 5.97 Å². The summed E-state index contributed by atoms with van der Waals surface area (Å²) in [6.45, 7) is 1.73. The first kappa shape index (κ1) is 16.6. The highest BCUT2D eigenvalue weighted by atomic mass is 32.2. The first-order chi connectivity index (χ1) is 9.58. The van der Waals surface area contributed by atoms with E-state index in [1.165, 1.54) is 0 Å². The number of benzene rings is 1. The van der Waals surface area contributed by atoms with Crippen molar-refractivity contribution >= 4 is 23.8 Å². The Morgan fingerprint density at radius 1 is 1.40 bits per heavy atom. The maximum Gasteiger partial charge on any atom is 0.328 e. The Labute approximate surface area is 124 Å². The van der Waals surface area contributed by atoms with Crippen LogP contribution in [-0.4, -0.2) is 54.7 Å². The highest BCUT2D eigenvalue weighted by Gasteiger charge is 1.97. The fourth-order valence-electron chi connectivity index (χ4n) is 1.44. The van der Waals surface area contributed by atoms with E-state index in [1.54, 1.807) is 6.08 Å². The zero-order valence-corrected chi connectivity index (χ0v) is 12.7. The van der Waals surface area contributed by atoms with E-state index in [1.807, 2.05) is 36.0 Å². The van der Waals surface area contributed by atoms with E-state index in [0.717, 1.165) is 35.4 Å². The average Bonchev–Trinajstić information content (AvgIpc) is 2.40. The van der Waals surface area contributed by atoms with Crippen molar-refractivity contribution in [3.63, 3.8) is 0 Å². The minimum atomic E-state index is -0.950. The number of rotatable bonds is 9. The lowest BCUT2D eigenvalue weighted by Gasteiger charge is -2.09. The smallest absolute Gasteiger partial charge is 0.328 e. The molecule has 20 heavy (non-hydrogen) atoms. The van der Waals surface area contributed by atoms with Gasteiger partial charge in [-0.25, -0.2) is 4.79 Å². The van der Waals surface area contributed by atoms with Gasteiger partial charge in [-0.05, 0) is 37.9 Å². The second kappa shape index (κ2) is 9.44. The summed E-state index contributed by atoms with van der Waals surface area (Å²) in [7, 11) is 4.13. The minimum absolute atomic E-state index is 0.657. The van der Waals surface area contributed by atoms with Gasteiger partial charge in [0, 0.05) is 24.1 Å². The first-order valence-corrected chi connectivity index (χ1v) is 7.60. The molecule has 1 aromatic rings. The molecule has 110 valence electrons. The molecule has 1 N–H and O–H groups in total. The summed E-state index contributed by atoms with van der Waals surface area (Å²) in [6.07, 6.45) is 2.68. The van der Waals surface area contributed by atoms with Crippen molar-refractivity contribution in [2.45, 2.75) is 0 Å². The van der Waals surface area contributed by atoms with Crippen LogP contribution >= 0.6 is 11.8 Å². The van der Waals surface area contributed by atoms with E-state index >= 15 is 0 Å². The number of aliphatic carboxylic acids is 1. The van der Waals surface area contributed by atoms with Crippen LogP contribution in [0.25, 0.3) is 6.08 Å². The van der Waals surface area contributed by atoms with Gasteiger partial charge in [-0.1, -0.05) is 12.1 Å². The molecular formula is C15H21NO3S. The molecule has 5 heteroatoms. The van der Waals surface area contributed by atoms with Gasteiger partial charge in [0.2, 0.25) is 0 Å². The lowest BCUT2D eigenvalue weighted by Crippen LogP contribution is -2.15. The van der Waals surface area contributed by atoms with Gasteiger partial charge >= 0.3 is 5.97 Å². The predicted molar refractivity (Wildman–Crippen MR) is 84.5 cm³/mol. The fraction of sp³-hybridized carbons (Fsp3) is 0.400. The summed E-state index contributed by atoms with van der Waals surface area (Å²) in [5, 5.41) is 8.58. The highest BCUT2D eigenvalue weighted by Crippen LogP contribution is 2.15. The zero-order chi connectivity index (χ0) is 14.8. The van der Waals surface area contributed by atoms with Gasteiger partial charge in [0.25, 0.3) is 0 Å². The summed E-state index contributed by atoms with van der Waals surface area (Å²) in [4.78, 5) is 12.6. The molecule has 0 aliphatic carbocycles. The summed E-state index contributed by atoms with van der Waals surface area (Å²) >= 11 is 1.86. The molecular weight excluding hydrogens is 274 g/mol. The Bertz CT molecular complexity index is 446. The molecule has 0 saturated heterocycles. The predicted octanol–water partition coefficient (Wildman–Crippen LogP) is 2.46. The summed E-state index contributed by atoms with van der Waals surface area (Å²) in [5.41, 5.74) is 0.824. The van der Waals surface area contributed by atoms with E-state index in [4.69, 9.17) is 9.84 Å². The third-order valence-electron chi connectivity index (χ3n) is 2.46. The summed E-state index contributed by atoms with van der Waals surface area (Å²) in [6, 6.07) is 7.42. The topological polar surface area (TPSA) is 49.8 Å². The average molecular weight is 295 g/mol. The van der Waals surface area contributed by atoms with Gasteiger partial charge < -0.3 is 14.7 Å². The van der Waals surface area contributed by atoms with Gasteiger partial charge in [0.15, 0.2) is 0 Å². The molecule has 0 aliphatic heterocycles. The third-order valence-corrected chi connectivity index (χ3v) is 3.38. The second-order valence-electron chi connectivity index (χ2n) is 4.51. The number of carboxylic acids is 1. The molecule has 0 saturated carbocycles. The molecule has 0 radical (unpaired) electrons. The van der Waals surface area contributed by atoms with Gasteiger partial charge in [-0.3, -0.25) is 0 Å². The van der Waals surface area contributed by atoms with E-state index in [2.05, 4.69) is 19.0 Å². The summed E-state index contributed by atoms with van der Waals surface area (Å²) < 4.78 is 5.64. The second-order valence-corrected chi connectivity index (χ2v) is 5.73. The van der Waals surface area contributed by atoms with Crippen LogP contribution in [0.1, 0.15) is 5.56 Å². The van der Waals surface area contributed by atoms with Crippen molar-refractivity contribution in [3.05, 3.63) is 35.9 Å². The quantitative estimate of drug-likeness (QED) is 0.560. The molecule has 0 atom stereocenters. The monoisotopic (exact) mass is 295 g/mol. The molecule has 0 unspecified atom stereocenters.